The summed E-state index contributed by atoms with van der Waals surface area (Å²) in [5, 5.41) is 8.15. The van der Waals surface area contributed by atoms with Gasteiger partial charge in [0.15, 0.2) is 5.96 Å². The number of morpholine rings is 1. The van der Waals surface area contributed by atoms with E-state index < -0.39 is 0 Å². The second-order valence-electron chi connectivity index (χ2n) is 7.70. The average Bonchev–Trinajstić information content (AvgIpc) is 3.42. The van der Waals surface area contributed by atoms with Gasteiger partial charge in [-0.2, -0.15) is 4.98 Å². The van der Waals surface area contributed by atoms with Gasteiger partial charge in [-0.3, -0.25) is 4.90 Å². The number of hydrogen-bond donors (Lipinski definition) is 1. The van der Waals surface area contributed by atoms with Crippen LogP contribution in [-0.2, 0) is 11.3 Å². The first-order valence-electron chi connectivity index (χ1n) is 10.6. The van der Waals surface area contributed by atoms with Gasteiger partial charge in [0.05, 0.1) is 13.2 Å². The van der Waals surface area contributed by atoms with E-state index in [0.717, 1.165) is 64.0 Å². The number of aliphatic imine (C=N–C) groups is 1. The number of rotatable bonds is 6. The first-order chi connectivity index (χ1) is 14.7. The monoisotopic (exact) mass is 560 g/mol. The van der Waals surface area contributed by atoms with Crippen molar-refractivity contribution in [3.8, 4) is 11.4 Å². The Morgan fingerprint density at radius 1 is 1.23 bits per heavy atom. The van der Waals surface area contributed by atoms with Gasteiger partial charge in [-0.05, 0) is 43.5 Å². The molecule has 2 aliphatic heterocycles. The molecule has 8 nitrogen and oxygen atoms in total. The van der Waals surface area contributed by atoms with Crippen LogP contribution in [0.15, 0.2) is 33.8 Å². The predicted octanol–water partition coefficient (Wildman–Crippen LogP) is 3.13. The van der Waals surface area contributed by atoms with Gasteiger partial charge in [0.2, 0.25) is 11.7 Å². The molecular weight excluding hydrogens is 531 g/mol. The lowest BCUT2D eigenvalue weighted by molar-refractivity contribution is 0.0315. The molecule has 3 heterocycles. The van der Waals surface area contributed by atoms with Gasteiger partial charge >= 0.3 is 0 Å². The largest absolute Gasteiger partial charge is 0.379 e. The van der Waals surface area contributed by atoms with E-state index >= 15 is 0 Å². The lowest BCUT2D eigenvalue weighted by Gasteiger charge is -2.29. The highest BCUT2D eigenvalue weighted by Crippen LogP contribution is 2.20. The standard InChI is InChI=1S/C21H29ClN6O2.HI/c1-2-23-21(28-8-7-16(15-28)14-27-9-11-29-12-10-27)24-13-19-25-20(26-30-19)17-3-5-18(22)6-4-17;/h3-6,16H,2,7-15H2,1H3,(H,23,24);1H. The first kappa shape index (κ1) is 24.2. The molecule has 0 amide bonds. The van der Waals surface area contributed by atoms with E-state index in [2.05, 4.69) is 32.2 Å². The Balaban J connectivity index is 0.00000272. The molecule has 1 N–H and O–H groups in total. The fraction of sp³-hybridized carbons (Fsp3) is 0.571. The van der Waals surface area contributed by atoms with E-state index in [1.165, 1.54) is 6.42 Å². The zero-order chi connectivity index (χ0) is 20.8. The molecular formula is C21H30ClIN6O2. The van der Waals surface area contributed by atoms with Crippen LogP contribution < -0.4 is 5.32 Å². The highest BCUT2D eigenvalue weighted by Gasteiger charge is 2.27. The number of hydrogen-bond acceptors (Lipinski definition) is 6. The lowest BCUT2D eigenvalue weighted by atomic mass is 10.1. The maximum absolute atomic E-state index is 5.94. The Morgan fingerprint density at radius 3 is 2.74 bits per heavy atom. The minimum Gasteiger partial charge on any atom is -0.379 e. The smallest absolute Gasteiger partial charge is 0.248 e. The van der Waals surface area contributed by atoms with Crippen LogP contribution in [0.2, 0.25) is 5.02 Å². The van der Waals surface area contributed by atoms with E-state index in [4.69, 9.17) is 25.9 Å². The minimum absolute atomic E-state index is 0. The van der Waals surface area contributed by atoms with E-state index in [-0.39, 0.29) is 24.0 Å². The van der Waals surface area contributed by atoms with Crippen LogP contribution in [0.25, 0.3) is 11.4 Å². The quantitative estimate of drug-likeness (QED) is 0.330. The van der Waals surface area contributed by atoms with Crippen LogP contribution in [-0.4, -0.2) is 78.4 Å². The summed E-state index contributed by atoms with van der Waals surface area (Å²) in [5.41, 5.74) is 0.871. The Kier molecular flexibility index (Phi) is 9.36. The summed E-state index contributed by atoms with van der Waals surface area (Å²) in [5.74, 6) is 2.62. The molecule has 170 valence electrons. The molecule has 0 bridgehead atoms. The summed E-state index contributed by atoms with van der Waals surface area (Å²) in [7, 11) is 0. The summed E-state index contributed by atoms with van der Waals surface area (Å²) < 4.78 is 10.9. The van der Waals surface area contributed by atoms with Crippen molar-refractivity contribution in [2.24, 2.45) is 10.9 Å². The van der Waals surface area contributed by atoms with Crippen LogP contribution >= 0.6 is 35.6 Å². The van der Waals surface area contributed by atoms with Gasteiger partial charge in [0, 0.05) is 49.9 Å². The van der Waals surface area contributed by atoms with Gasteiger partial charge in [-0.25, -0.2) is 4.99 Å². The van der Waals surface area contributed by atoms with E-state index in [0.29, 0.717) is 29.2 Å². The molecule has 1 aromatic heterocycles. The Morgan fingerprint density at radius 2 is 2.00 bits per heavy atom. The van der Waals surface area contributed by atoms with Crippen LogP contribution in [0.1, 0.15) is 19.2 Å². The van der Waals surface area contributed by atoms with E-state index in [1.807, 2.05) is 24.3 Å². The SMILES string of the molecule is CCNC(=NCc1nc(-c2ccc(Cl)cc2)no1)N1CCC(CN2CCOCC2)C1.I. The van der Waals surface area contributed by atoms with Gasteiger partial charge in [0.1, 0.15) is 6.54 Å². The average molecular weight is 561 g/mol. The number of nitrogens with one attached hydrogen (secondary N) is 1. The fourth-order valence-corrected chi connectivity index (χ4v) is 4.05. The number of guanidine groups is 1. The number of benzene rings is 1. The molecule has 2 aliphatic rings. The van der Waals surface area contributed by atoms with E-state index in [9.17, 15) is 0 Å². The maximum atomic E-state index is 5.94. The first-order valence-corrected chi connectivity index (χ1v) is 11.0. The number of halogens is 2. The highest BCUT2D eigenvalue weighted by molar-refractivity contribution is 14.0. The van der Waals surface area contributed by atoms with Crippen molar-refractivity contribution in [3.63, 3.8) is 0 Å². The minimum atomic E-state index is 0. The van der Waals surface area contributed by atoms with Gasteiger partial charge in [0.25, 0.3) is 0 Å². The molecule has 0 saturated carbocycles. The third-order valence-electron chi connectivity index (χ3n) is 5.47. The number of nitrogens with zero attached hydrogens (tertiary/aromatic N) is 5. The zero-order valence-corrected chi connectivity index (χ0v) is 20.9. The topological polar surface area (TPSA) is 79.0 Å². The van der Waals surface area contributed by atoms with Crippen LogP contribution in [0, 0.1) is 5.92 Å². The molecule has 1 aromatic carbocycles. The molecule has 2 aromatic rings. The molecule has 10 heteroatoms. The van der Waals surface area contributed by atoms with Crippen molar-refractivity contribution in [1.29, 1.82) is 0 Å². The summed E-state index contributed by atoms with van der Waals surface area (Å²) >= 11 is 5.94. The fourth-order valence-electron chi connectivity index (χ4n) is 3.93. The zero-order valence-electron chi connectivity index (χ0n) is 17.8. The molecule has 1 atom stereocenters. The van der Waals surface area contributed by atoms with Gasteiger partial charge < -0.3 is 19.5 Å². The third kappa shape index (κ3) is 6.77. The molecule has 2 saturated heterocycles. The summed E-state index contributed by atoms with van der Waals surface area (Å²) in [6.45, 7) is 10.2. The number of aromatic nitrogens is 2. The second-order valence-corrected chi connectivity index (χ2v) is 8.14. The summed E-state index contributed by atoms with van der Waals surface area (Å²) in [4.78, 5) is 14.1. The normalized spacial score (nSPS) is 20.0. The number of likely N-dealkylation sites (tertiary alicyclic amines) is 1. The Labute approximate surface area is 205 Å². The summed E-state index contributed by atoms with van der Waals surface area (Å²) in [6.07, 6.45) is 1.18. The van der Waals surface area contributed by atoms with Gasteiger partial charge in [-0.1, -0.05) is 16.8 Å². The Bertz CT molecular complexity index is 841. The molecule has 4 rings (SSSR count). The van der Waals surface area contributed by atoms with Crippen LogP contribution in [0.4, 0.5) is 0 Å². The summed E-state index contributed by atoms with van der Waals surface area (Å²) in [6, 6.07) is 7.39. The molecule has 1 unspecified atom stereocenters. The predicted molar refractivity (Wildman–Crippen MR) is 132 cm³/mol. The van der Waals surface area contributed by atoms with Gasteiger partial charge in [-0.15, -0.1) is 24.0 Å². The van der Waals surface area contributed by atoms with E-state index in [1.54, 1.807) is 0 Å². The Hall–Kier alpha value is -1.43. The maximum Gasteiger partial charge on any atom is 0.248 e. The molecule has 2 fully saturated rings. The van der Waals surface area contributed by atoms with Crippen LogP contribution in [0.5, 0.6) is 0 Å². The van der Waals surface area contributed by atoms with Crippen molar-refractivity contribution in [2.75, 3.05) is 52.5 Å². The van der Waals surface area contributed by atoms with Crippen molar-refractivity contribution in [3.05, 3.63) is 35.2 Å². The van der Waals surface area contributed by atoms with Crippen molar-refractivity contribution in [2.45, 2.75) is 19.9 Å². The second kappa shape index (κ2) is 12.0. The molecule has 0 radical (unpaired) electrons. The van der Waals surface area contributed by atoms with Crippen molar-refractivity contribution < 1.29 is 9.26 Å². The van der Waals surface area contributed by atoms with Crippen LogP contribution in [0.3, 0.4) is 0 Å². The third-order valence-corrected chi connectivity index (χ3v) is 5.73. The highest BCUT2D eigenvalue weighted by atomic mass is 127. The molecule has 31 heavy (non-hydrogen) atoms. The number of ether oxygens (including phenoxy) is 1. The lowest BCUT2D eigenvalue weighted by Crippen LogP contribution is -2.42. The van der Waals surface area contributed by atoms with Crippen molar-refractivity contribution >= 4 is 41.5 Å². The molecule has 0 aliphatic carbocycles. The van der Waals surface area contributed by atoms with Crippen molar-refractivity contribution in [1.82, 2.24) is 25.3 Å². The molecule has 0 spiro atoms.